The summed E-state index contributed by atoms with van der Waals surface area (Å²) in [5.41, 5.74) is 1.04. The van der Waals surface area contributed by atoms with E-state index in [9.17, 15) is 85.0 Å². The predicted octanol–water partition coefficient (Wildman–Crippen LogP) is 18.0. The summed E-state index contributed by atoms with van der Waals surface area (Å²) in [4.78, 5) is 51.7. The van der Waals surface area contributed by atoms with Crippen molar-refractivity contribution in [1.82, 2.24) is 18.7 Å². The normalized spacial score (nSPS) is 10.9. The average molecular weight is 1590 g/mol. The second-order valence-corrected chi connectivity index (χ2v) is 23.4. The number of aryl methyl sites for hydroxylation is 1. The molecule has 34 heteroatoms. The zero-order chi connectivity index (χ0) is 72.6. The van der Waals surface area contributed by atoms with Crippen LogP contribution in [0.25, 0.3) is 22.3 Å². The highest BCUT2D eigenvalue weighted by atomic mass is 79.9. The first-order chi connectivity index (χ1) is 45.1. The second kappa shape index (κ2) is 40.6. The summed E-state index contributed by atoms with van der Waals surface area (Å²) in [6, 6.07) is 31.8. The van der Waals surface area contributed by atoms with Gasteiger partial charge in [-0.1, -0.05) is 145 Å². The van der Waals surface area contributed by atoms with Crippen LogP contribution in [0, 0.1) is 6.92 Å². The Labute approximate surface area is 589 Å². The molecule has 0 saturated heterocycles. The summed E-state index contributed by atoms with van der Waals surface area (Å²) in [5.74, 6) is -2.34. The highest BCUT2D eigenvalue weighted by molar-refractivity contribution is 9.10. The molecule has 0 aliphatic rings. The van der Waals surface area contributed by atoms with Crippen molar-refractivity contribution >= 4 is 96.3 Å². The van der Waals surface area contributed by atoms with Crippen molar-refractivity contribution in [3.63, 3.8) is 0 Å². The summed E-state index contributed by atoms with van der Waals surface area (Å²) in [6.07, 6.45) is -21.4. The summed E-state index contributed by atoms with van der Waals surface area (Å²) in [5, 5.41) is 35.7. The number of alkyl halides is 15. The van der Waals surface area contributed by atoms with E-state index >= 15 is 0 Å². The Hall–Kier alpha value is -8.57. The molecule has 14 nitrogen and oxygen atoms in total. The number of hydrogen-bond donors (Lipinski definition) is 5. The predicted molar refractivity (Wildman–Crippen MR) is 358 cm³/mol. The van der Waals surface area contributed by atoms with E-state index in [1.54, 1.807) is 25.1 Å². The first-order valence-corrected chi connectivity index (χ1v) is 30.4. The molecule has 0 spiro atoms. The molecule has 0 saturated carbocycles. The third-order valence-electron chi connectivity index (χ3n) is 12.1. The van der Waals surface area contributed by atoms with E-state index in [0.717, 1.165) is 43.7 Å². The number of carbonyl (C=O) groups excluding carboxylic acids is 2. The summed E-state index contributed by atoms with van der Waals surface area (Å²) < 4.78 is 206. The number of carbonyl (C=O) groups is 4. The number of ketones is 1. The standard InChI is InChI=1S/C19H12F6N2OS.C16H10F6O2.C10H11BrO2.C8H8BF3O2.C8H7BrO2.C2H3N3S.3CH4/c20-18(21,22)14-6-13(7-15(8-14)19(23,24)25)12-3-1-2-11(4-12)5-16(28)9-17-26-10-27-29-17;17-15(18,19)12-6-11(7-13(8-12)16(20,21)22)10-3-1-2-9(4-10)5-14(23)24;1-2-13-10(12)7-8-4-3-5-9(11)6-8;1-5-2-6(8(10,11)12)4-7(3-5)9(13)14;9-7-3-1-2-6(4-7)5-8(10)11;3-2-4-1-5-6-2;;;/h1-4,6-8,10H,5,9H2;1-4,6-8H,5H2,(H,23,24);3-6H,2,7H2,1H3;2-4,13-14H,1H3;1-4H,5H2,(H,10,11);1H,(H2,3,4,5);3*1H4. The average Bonchev–Trinajstić information content (AvgIpc) is 1.11. The van der Waals surface area contributed by atoms with Gasteiger partial charge >= 0.3 is 55.9 Å². The van der Waals surface area contributed by atoms with Gasteiger partial charge in [0.1, 0.15) is 23.4 Å². The van der Waals surface area contributed by atoms with Crippen LogP contribution in [-0.2, 0) is 86.9 Å². The van der Waals surface area contributed by atoms with Crippen LogP contribution in [-0.4, -0.2) is 76.4 Å². The molecule has 0 unspecified atom stereocenters. The van der Waals surface area contributed by atoms with Crippen LogP contribution in [0.3, 0.4) is 0 Å². The Balaban J connectivity index is 0.000000633. The fourth-order valence-corrected chi connectivity index (χ4v) is 9.75. The minimum Gasteiger partial charge on any atom is -0.481 e. The monoisotopic (exact) mass is 1590 g/mol. The maximum absolute atomic E-state index is 13.1. The third kappa shape index (κ3) is 32.6. The van der Waals surface area contributed by atoms with Gasteiger partial charge in [0.2, 0.25) is 0 Å². The minimum absolute atomic E-state index is 0. The number of rotatable bonds is 14. The maximum atomic E-state index is 13.1. The largest absolute Gasteiger partial charge is 0.488 e. The fraction of sp³-hybridized carbons (Fsp3) is 0.242. The lowest BCUT2D eigenvalue weighted by Crippen LogP contribution is -2.31. The molecule has 0 fully saturated rings. The van der Waals surface area contributed by atoms with Crippen LogP contribution in [0.15, 0.2) is 173 Å². The van der Waals surface area contributed by atoms with Crippen LogP contribution in [0.1, 0.15) is 89.8 Å². The van der Waals surface area contributed by atoms with Crippen molar-refractivity contribution in [3.8, 4) is 22.3 Å². The molecule has 9 aromatic rings. The minimum atomic E-state index is -4.94. The summed E-state index contributed by atoms with van der Waals surface area (Å²) in [6.45, 7) is 3.70. The first-order valence-electron chi connectivity index (χ1n) is 27.3. The lowest BCUT2D eigenvalue weighted by molar-refractivity contribution is -0.144. The molecule has 0 aliphatic heterocycles. The highest BCUT2D eigenvalue weighted by Gasteiger charge is 2.39. The zero-order valence-corrected chi connectivity index (χ0v) is 54.7. The van der Waals surface area contributed by atoms with E-state index < -0.39 is 77.8 Å². The number of carboxylic acids is 2. The van der Waals surface area contributed by atoms with Gasteiger partial charge < -0.3 is 30.7 Å². The molecular formula is C66H63BBr2F15N5O9S2. The van der Waals surface area contributed by atoms with Gasteiger partial charge in [0.15, 0.2) is 5.13 Å². The molecule has 2 heterocycles. The number of carboxylic acid groups (broad SMARTS) is 2. The quantitative estimate of drug-likeness (QED) is 0.0387. The Kier molecular flexibility index (Phi) is 36.3. The van der Waals surface area contributed by atoms with Gasteiger partial charge in [-0.15, -0.1) is 0 Å². The molecule has 2 aromatic heterocycles. The van der Waals surface area contributed by atoms with Crippen molar-refractivity contribution in [3.05, 3.63) is 234 Å². The fourth-order valence-electron chi connectivity index (χ4n) is 8.03. The van der Waals surface area contributed by atoms with E-state index in [1.165, 1.54) is 79.6 Å². The van der Waals surface area contributed by atoms with Gasteiger partial charge in [-0.05, 0) is 142 Å². The van der Waals surface area contributed by atoms with E-state index in [4.69, 9.17) is 30.7 Å². The molecule has 0 amide bonds. The molecule has 0 atom stereocenters. The van der Waals surface area contributed by atoms with Crippen molar-refractivity contribution < 1.29 is 110 Å². The molecule has 7 aromatic carbocycles. The van der Waals surface area contributed by atoms with Gasteiger partial charge in [0.25, 0.3) is 0 Å². The van der Waals surface area contributed by atoms with Crippen LogP contribution in [0.4, 0.5) is 71.0 Å². The van der Waals surface area contributed by atoms with Gasteiger partial charge in [-0.2, -0.15) is 74.6 Å². The Morgan fingerprint density at radius 2 is 0.840 bits per heavy atom. The summed E-state index contributed by atoms with van der Waals surface area (Å²) in [7, 11) is -1.88. The zero-order valence-electron chi connectivity index (χ0n) is 49.8. The smallest absolute Gasteiger partial charge is 0.481 e. The molecular weight excluding hydrogens is 1530 g/mol. The van der Waals surface area contributed by atoms with Crippen molar-refractivity contribution in [2.45, 2.75) is 99.1 Å². The molecule has 6 N–H and O–H groups in total. The number of nitrogen functional groups attached to an aromatic ring is 1. The number of Topliss-reactive ketones (excluding diaryl/α,β-unsaturated/α-hetero) is 1. The Morgan fingerprint density at radius 3 is 1.17 bits per heavy atom. The molecule has 100 heavy (non-hydrogen) atoms. The van der Waals surface area contributed by atoms with Crippen LogP contribution in [0.5, 0.6) is 0 Å². The van der Waals surface area contributed by atoms with Crippen molar-refractivity contribution in [1.29, 1.82) is 0 Å². The maximum Gasteiger partial charge on any atom is 0.488 e. The topological polar surface area (TPSA) is 236 Å². The van der Waals surface area contributed by atoms with E-state index in [1.807, 2.05) is 36.4 Å². The highest BCUT2D eigenvalue weighted by Crippen LogP contribution is 2.41. The Morgan fingerprint density at radius 1 is 0.470 bits per heavy atom. The SMILES string of the molecule is C.C.C.CCOC(=O)Cc1cccc(Br)c1.Cc1cc(B(O)O)cc(C(F)(F)F)c1.Nc1ncns1.O=C(Cc1cccc(-c2cc(C(F)(F)F)cc(C(F)(F)F)c2)c1)Cc1ncns1.O=C(O)Cc1cccc(-c2cc(C(F)(F)F)cc(C(F)(F)F)c2)c1.O=C(O)Cc1cccc(Br)c1. The lowest BCUT2D eigenvalue weighted by atomic mass is 9.78. The van der Waals surface area contributed by atoms with Crippen molar-refractivity contribution in [2.75, 3.05) is 12.3 Å². The number of halogens is 17. The molecule has 9 rings (SSSR count). The molecule has 0 aliphatic carbocycles. The van der Waals surface area contributed by atoms with Crippen LogP contribution < -0.4 is 11.2 Å². The molecule has 0 radical (unpaired) electrons. The molecule has 0 bridgehead atoms. The number of hydrogen-bond acceptors (Lipinski definition) is 14. The Bertz CT molecular complexity index is 3990. The number of benzene rings is 7. The van der Waals surface area contributed by atoms with E-state index in [0.29, 0.717) is 58.6 Å². The van der Waals surface area contributed by atoms with Gasteiger partial charge in [-0.25, -0.2) is 9.97 Å². The molecule has 540 valence electrons. The van der Waals surface area contributed by atoms with Gasteiger partial charge in [-0.3, -0.25) is 19.2 Å². The number of nitrogens with two attached hydrogens (primary N) is 1. The number of aliphatic carboxylic acids is 2. The number of aromatic nitrogens is 4. The van der Waals surface area contributed by atoms with E-state index in [2.05, 4.69) is 50.6 Å². The van der Waals surface area contributed by atoms with Crippen LogP contribution in [0.2, 0.25) is 0 Å². The van der Waals surface area contributed by atoms with Crippen LogP contribution >= 0.6 is 54.9 Å². The lowest BCUT2D eigenvalue weighted by Gasteiger charge is -2.15. The second-order valence-electron chi connectivity index (χ2n) is 19.9. The van der Waals surface area contributed by atoms with E-state index in [-0.39, 0.29) is 105 Å². The number of anilines is 1. The van der Waals surface area contributed by atoms with Gasteiger partial charge in [0.05, 0.1) is 60.1 Å². The van der Waals surface area contributed by atoms with Gasteiger partial charge in [0, 0.05) is 26.9 Å². The first kappa shape index (κ1) is 89.4. The summed E-state index contributed by atoms with van der Waals surface area (Å²) >= 11 is 8.87. The number of nitrogens with zero attached hydrogens (tertiary/aromatic N) is 4. The van der Waals surface area contributed by atoms with Crippen molar-refractivity contribution in [2.24, 2.45) is 0 Å². The number of ether oxygens (including phenoxy) is 1. The number of esters is 1. The third-order valence-corrected chi connectivity index (χ3v) is 14.2.